The molecule has 140 valence electrons. The third-order valence-electron chi connectivity index (χ3n) is 3.86. The maximum Gasteiger partial charge on any atom is 0.277 e. The molecule has 2 aromatic carbocycles. The van der Waals surface area contributed by atoms with E-state index in [1.807, 2.05) is 37.3 Å². The van der Waals surface area contributed by atoms with E-state index in [1.54, 1.807) is 26.2 Å². The van der Waals surface area contributed by atoms with Gasteiger partial charge in [-0.15, -0.1) is 10.2 Å². The van der Waals surface area contributed by atoms with Gasteiger partial charge in [-0.25, -0.2) is 0 Å². The van der Waals surface area contributed by atoms with Crippen molar-refractivity contribution in [3.05, 3.63) is 53.6 Å². The van der Waals surface area contributed by atoms with Crippen LogP contribution in [0.4, 0.5) is 0 Å². The molecule has 1 aromatic heterocycles. The Morgan fingerprint density at radius 2 is 1.96 bits per heavy atom. The van der Waals surface area contributed by atoms with Crippen LogP contribution in [0.25, 0.3) is 11.5 Å². The van der Waals surface area contributed by atoms with Crippen LogP contribution < -0.4 is 9.47 Å². The SMILES string of the molecule is CCOc1ccccc1-c1nnc(SCc2cc(C(C)=O)ccc2OC)o1. The average Bonchev–Trinajstić information content (AvgIpc) is 3.15. The van der Waals surface area contributed by atoms with Crippen molar-refractivity contribution >= 4 is 17.5 Å². The number of benzene rings is 2. The fourth-order valence-electron chi connectivity index (χ4n) is 2.55. The van der Waals surface area contributed by atoms with Gasteiger partial charge in [0.15, 0.2) is 5.78 Å². The second-order valence-electron chi connectivity index (χ2n) is 5.67. The molecule has 0 spiro atoms. The first-order valence-corrected chi connectivity index (χ1v) is 9.47. The Kier molecular flexibility index (Phi) is 6.13. The molecule has 1 heterocycles. The summed E-state index contributed by atoms with van der Waals surface area (Å²) in [5, 5.41) is 8.67. The van der Waals surface area contributed by atoms with Gasteiger partial charge >= 0.3 is 0 Å². The van der Waals surface area contributed by atoms with Crippen LogP contribution in [-0.4, -0.2) is 29.7 Å². The Bertz CT molecular complexity index is 939. The summed E-state index contributed by atoms with van der Waals surface area (Å²) in [4.78, 5) is 11.6. The first-order valence-electron chi connectivity index (χ1n) is 8.48. The van der Waals surface area contributed by atoms with Gasteiger partial charge in [0.25, 0.3) is 11.1 Å². The van der Waals surface area contributed by atoms with Crippen LogP contribution in [0.1, 0.15) is 29.8 Å². The smallest absolute Gasteiger partial charge is 0.277 e. The molecule has 3 aromatic rings. The number of carbonyl (C=O) groups excluding carboxylic acids is 1. The van der Waals surface area contributed by atoms with Gasteiger partial charge < -0.3 is 13.9 Å². The van der Waals surface area contributed by atoms with Crippen molar-refractivity contribution in [2.75, 3.05) is 13.7 Å². The molecule has 27 heavy (non-hydrogen) atoms. The summed E-state index contributed by atoms with van der Waals surface area (Å²) < 4.78 is 16.8. The number of methoxy groups -OCH3 is 1. The van der Waals surface area contributed by atoms with Gasteiger partial charge in [-0.05, 0) is 44.2 Å². The molecule has 0 fully saturated rings. The molecular formula is C20H20N2O4S. The predicted octanol–water partition coefficient (Wildman–Crippen LogP) is 4.64. The number of hydrogen-bond donors (Lipinski definition) is 0. The zero-order chi connectivity index (χ0) is 19.2. The third kappa shape index (κ3) is 4.49. The highest BCUT2D eigenvalue weighted by Gasteiger charge is 2.15. The fourth-order valence-corrected chi connectivity index (χ4v) is 3.29. The van der Waals surface area contributed by atoms with Gasteiger partial charge in [-0.3, -0.25) is 4.79 Å². The molecule has 0 aliphatic heterocycles. The van der Waals surface area contributed by atoms with Crippen LogP contribution in [0.2, 0.25) is 0 Å². The van der Waals surface area contributed by atoms with Crippen LogP contribution in [0, 0.1) is 0 Å². The second kappa shape index (κ2) is 8.73. The van der Waals surface area contributed by atoms with Gasteiger partial charge in [0.2, 0.25) is 0 Å². The molecule has 3 rings (SSSR count). The Morgan fingerprint density at radius 3 is 2.70 bits per heavy atom. The van der Waals surface area contributed by atoms with Crippen molar-refractivity contribution in [2.45, 2.75) is 24.8 Å². The largest absolute Gasteiger partial charge is 0.496 e. The van der Waals surface area contributed by atoms with Crippen LogP contribution in [-0.2, 0) is 5.75 Å². The molecule has 0 saturated heterocycles. The van der Waals surface area contributed by atoms with E-state index in [1.165, 1.54) is 11.8 Å². The summed E-state index contributed by atoms with van der Waals surface area (Å²) in [5.74, 6) is 2.38. The van der Waals surface area contributed by atoms with E-state index in [0.29, 0.717) is 40.5 Å². The Hall–Kier alpha value is -2.80. The van der Waals surface area contributed by atoms with E-state index in [4.69, 9.17) is 13.9 Å². The molecule has 0 aliphatic rings. The zero-order valence-electron chi connectivity index (χ0n) is 15.4. The van der Waals surface area contributed by atoms with Crippen LogP contribution in [0.5, 0.6) is 11.5 Å². The normalized spacial score (nSPS) is 10.6. The van der Waals surface area contributed by atoms with E-state index in [9.17, 15) is 4.79 Å². The summed E-state index contributed by atoms with van der Waals surface area (Å²) in [7, 11) is 1.60. The highest BCUT2D eigenvalue weighted by atomic mass is 32.2. The van der Waals surface area contributed by atoms with E-state index >= 15 is 0 Å². The maximum atomic E-state index is 11.6. The lowest BCUT2D eigenvalue weighted by molar-refractivity contribution is 0.101. The minimum Gasteiger partial charge on any atom is -0.496 e. The summed E-state index contributed by atoms with van der Waals surface area (Å²) in [6.45, 7) is 4.02. The summed E-state index contributed by atoms with van der Waals surface area (Å²) in [5.41, 5.74) is 2.29. The number of ketones is 1. The average molecular weight is 384 g/mol. The van der Waals surface area contributed by atoms with Gasteiger partial charge in [0.05, 0.1) is 19.3 Å². The number of rotatable bonds is 8. The van der Waals surface area contributed by atoms with Gasteiger partial charge in [-0.1, -0.05) is 23.9 Å². The number of ether oxygens (including phenoxy) is 2. The van der Waals surface area contributed by atoms with Crippen LogP contribution in [0.15, 0.2) is 52.1 Å². The highest BCUT2D eigenvalue weighted by molar-refractivity contribution is 7.98. The van der Waals surface area contributed by atoms with Gasteiger partial charge in [0, 0.05) is 16.9 Å². The van der Waals surface area contributed by atoms with Crippen LogP contribution in [0.3, 0.4) is 0 Å². The number of hydrogen-bond acceptors (Lipinski definition) is 7. The van der Waals surface area contributed by atoms with Crippen molar-refractivity contribution in [1.29, 1.82) is 0 Å². The molecular weight excluding hydrogens is 364 g/mol. The molecule has 0 unspecified atom stereocenters. The molecule has 0 aliphatic carbocycles. The van der Waals surface area contributed by atoms with E-state index < -0.39 is 0 Å². The number of Topliss-reactive ketones (excluding diaryl/α,β-unsaturated/α-hetero) is 1. The Morgan fingerprint density at radius 1 is 1.15 bits per heavy atom. The quantitative estimate of drug-likeness (QED) is 0.414. The lowest BCUT2D eigenvalue weighted by Gasteiger charge is -2.08. The standard InChI is InChI=1S/C20H20N2O4S/c1-4-25-18-8-6-5-7-16(18)19-21-22-20(26-19)27-12-15-11-14(13(2)23)9-10-17(15)24-3/h5-11H,4,12H2,1-3H3. The van der Waals surface area contributed by atoms with Crippen molar-refractivity contribution in [1.82, 2.24) is 10.2 Å². The molecule has 7 heteroatoms. The molecule has 0 atom stereocenters. The number of para-hydroxylation sites is 1. The third-order valence-corrected chi connectivity index (χ3v) is 4.73. The molecule has 0 N–H and O–H groups in total. The van der Waals surface area contributed by atoms with Crippen molar-refractivity contribution in [3.8, 4) is 23.0 Å². The van der Waals surface area contributed by atoms with Crippen LogP contribution >= 0.6 is 11.8 Å². The van der Waals surface area contributed by atoms with E-state index in [-0.39, 0.29) is 5.78 Å². The number of thioether (sulfide) groups is 1. The molecule has 0 radical (unpaired) electrons. The lowest BCUT2D eigenvalue weighted by atomic mass is 10.1. The molecule has 0 saturated carbocycles. The molecule has 6 nitrogen and oxygen atoms in total. The van der Waals surface area contributed by atoms with Crippen molar-refractivity contribution < 1.29 is 18.7 Å². The van der Waals surface area contributed by atoms with Crippen molar-refractivity contribution in [3.63, 3.8) is 0 Å². The molecule has 0 amide bonds. The monoisotopic (exact) mass is 384 g/mol. The maximum absolute atomic E-state index is 11.6. The van der Waals surface area contributed by atoms with E-state index in [2.05, 4.69) is 10.2 Å². The fraction of sp³-hybridized carbons (Fsp3) is 0.250. The number of aromatic nitrogens is 2. The lowest BCUT2D eigenvalue weighted by Crippen LogP contribution is -1.96. The first kappa shape index (κ1) is 19.0. The highest BCUT2D eigenvalue weighted by Crippen LogP contribution is 2.33. The summed E-state index contributed by atoms with van der Waals surface area (Å²) >= 11 is 1.39. The minimum absolute atomic E-state index is 0.0107. The predicted molar refractivity (Wildman–Crippen MR) is 103 cm³/mol. The second-order valence-corrected chi connectivity index (χ2v) is 6.60. The Labute approximate surface area is 161 Å². The summed E-state index contributed by atoms with van der Waals surface area (Å²) in [6, 6.07) is 12.9. The minimum atomic E-state index is 0.0107. The zero-order valence-corrected chi connectivity index (χ0v) is 16.2. The topological polar surface area (TPSA) is 74.5 Å². The summed E-state index contributed by atoms with van der Waals surface area (Å²) in [6.07, 6.45) is 0. The van der Waals surface area contributed by atoms with Crippen molar-refractivity contribution in [2.24, 2.45) is 0 Å². The number of carbonyl (C=O) groups is 1. The van der Waals surface area contributed by atoms with Gasteiger partial charge in [-0.2, -0.15) is 0 Å². The Balaban J connectivity index is 1.78. The first-order chi connectivity index (χ1) is 13.1. The molecule has 0 bridgehead atoms. The number of nitrogens with zero attached hydrogens (tertiary/aromatic N) is 2. The van der Waals surface area contributed by atoms with Gasteiger partial charge in [0.1, 0.15) is 11.5 Å². The van der Waals surface area contributed by atoms with E-state index in [0.717, 1.165) is 11.1 Å².